The van der Waals surface area contributed by atoms with Crippen molar-refractivity contribution in [2.75, 3.05) is 0 Å². The first-order valence-corrected chi connectivity index (χ1v) is 20.5. The minimum absolute atomic E-state index is 0.0992. The van der Waals surface area contributed by atoms with Crippen LogP contribution in [0.3, 0.4) is 0 Å². The summed E-state index contributed by atoms with van der Waals surface area (Å²) in [5.41, 5.74) is 3.38. The highest BCUT2D eigenvalue weighted by atomic mass is 32.1. The fraction of sp³-hybridized carbons (Fsp3) is 0.568. The Morgan fingerprint density at radius 3 is 2.11 bits per heavy atom. The normalized spacial score (nSPS) is 20.5. The number of amides is 2. The predicted molar refractivity (Wildman–Crippen MR) is 215 cm³/mol. The molecule has 9 heteroatoms. The van der Waals surface area contributed by atoms with Gasteiger partial charge in [-0.3, -0.25) is 9.59 Å². The van der Waals surface area contributed by atoms with Crippen molar-refractivity contribution in [2.24, 2.45) is 17.8 Å². The van der Waals surface area contributed by atoms with Gasteiger partial charge in [-0.25, -0.2) is 14.8 Å². The van der Waals surface area contributed by atoms with Crippen LogP contribution in [0, 0.1) is 17.8 Å². The van der Waals surface area contributed by atoms with Gasteiger partial charge in [0.05, 0.1) is 4.88 Å². The van der Waals surface area contributed by atoms with Gasteiger partial charge in [0.25, 0.3) is 5.91 Å². The van der Waals surface area contributed by atoms with E-state index >= 15 is 0 Å². The summed E-state index contributed by atoms with van der Waals surface area (Å²) in [4.78, 5) is 50.7. The molecule has 1 fully saturated rings. The van der Waals surface area contributed by atoms with Crippen LogP contribution in [0.25, 0.3) is 17.0 Å². The molecule has 1 unspecified atom stereocenters. The van der Waals surface area contributed by atoms with Crippen molar-refractivity contribution >= 4 is 34.7 Å². The molecule has 286 valence electrons. The van der Waals surface area contributed by atoms with Crippen LogP contribution in [0.15, 0.2) is 54.9 Å². The number of nitrogens with one attached hydrogen (secondary N) is 2. The van der Waals surface area contributed by atoms with Gasteiger partial charge in [0.15, 0.2) is 5.82 Å². The zero-order chi connectivity index (χ0) is 38.3. The van der Waals surface area contributed by atoms with Gasteiger partial charge < -0.3 is 15.4 Å². The second-order valence-electron chi connectivity index (χ2n) is 17.2. The molecule has 53 heavy (non-hydrogen) atoms. The topological polar surface area (TPSA) is 110 Å². The van der Waals surface area contributed by atoms with Crippen LogP contribution in [0.2, 0.25) is 0 Å². The molecule has 0 bridgehead atoms. The third-order valence-corrected chi connectivity index (χ3v) is 12.2. The highest BCUT2D eigenvalue weighted by Crippen LogP contribution is 2.42. The van der Waals surface area contributed by atoms with E-state index in [1.807, 2.05) is 42.7 Å². The largest absolute Gasteiger partial charge is 0.458 e. The van der Waals surface area contributed by atoms with E-state index in [-0.39, 0.29) is 17.7 Å². The quantitative estimate of drug-likeness (QED) is 0.179. The molecular weight excluding hydrogens is 681 g/mol. The maximum Gasteiger partial charge on any atom is 0.328 e. The third-order valence-electron chi connectivity index (χ3n) is 10.7. The van der Waals surface area contributed by atoms with Crippen LogP contribution in [-0.4, -0.2) is 45.4 Å². The molecule has 2 aliphatic carbocycles. The van der Waals surface area contributed by atoms with E-state index in [2.05, 4.69) is 44.4 Å². The molecule has 0 spiro atoms. The number of benzene rings is 1. The molecule has 2 heterocycles. The molecule has 3 aromatic rings. The summed E-state index contributed by atoms with van der Waals surface area (Å²) < 4.78 is 5.46. The number of carbonyl (C=O) groups excluding carboxylic acids is 3. The summed E-state index contributed by atoms with van der Waals surface area (Å²) in [6, 6.07) is 9.68. The van der Waals surface area contributed by atoms with Gasteiger partial charge >= 0.3 is 5.97 Å². The zero-order valence-corrected chi connectivity index (χ0v) is 33.9. The SMILES string of the molecule is CCCC1CCC(C2CC=C(c3cnc(-c4ccc(C[C@H](NC(=O)c5ccc(C(C)(C)C)s5)C(=O)N[C@H](C)C(=O)OC(C)(C)C)cc4)nc3)CC2)CC1. The fourth-order valence-corrected chi connectivity index (χ4v) is 8.60. The van der Waals surface area contributed by atoms with E-state index in [1.54, 1.807) is 33.8 Å². The number of allylic oxidation sites excluding steroid dienone is 2. The van der Waals surface area contributed by atoms with Gasteiger partial charge in [-0.2, -0.15) is 0 Å². The van der Waals surface area contributed by atoms with E-state index in [0.29, 0.717) is 10.7 Å². The van der Waals surface area contributed by atoms with Crippen molar-refractivity contribution in [2.45, 2.75) is 143 Å². The molecule has 2 N–H and O–H groups in total. The van der Waals surface area contributed by atoms with Gasteiger partial charge in [0.1, 0.15) is 17.7 Å². The number of ether oxygens (including phenoxy) is 1. The second-order valence-corrected chi connectivity index (χ2v) is 18.3. The first-order valence-electron chi connectivity index (χ1n) is 19.6. The molecule has 1 saturated carbocycles. The van der Waals surface area contributed by atoms with E-state index < -0.39 is 29.6 Å². The number of hydrogen-bond acceptors (Lipinski definition) is 7. The third kappa shape index (κ3) is 11.3. The Balaban J connectivity index is 1.23. The summed E-state index contributed by atoms with van der Waals surface area (Å²) in [5, 5.41) is 5.68. The molecule has 2 aromatic heterocycles. The number of esters is 1. The number of rotatable bonds is 12. The highest BCUT2D eigenvalue weighted by Gasteiger charge is 2.30. The molecule has 0 aliphatic heterocycles. The number of aromatic nitrogens is 2. The Morgan fingerprint density at radius 1 is 0.868 bits per heavy atom. The van der Waals surface area contributed by atoms with Crippen molar-refractivity contribution in [1.82, 2.24) is 20.6 Å². The molecule has 5 rings (SSSR count). The summed E-state index contributed by atoms with van der Waals surface area (Å²) in [7, 11) is 0. The average Bonchev–Trinajstić information content (AvgIpc) is 3.64. The Labute approximate surface area is 321 Å². The Hall–Kier alpha value is -3.85. The molecule has 3 atom stereocenters. The van der Waals surface area contributed by atoms with Crippen LogP contribution in [0.1, 0.15) is 139 Å². The minimum Gasteiger partial charge on any atom is -0.458 e. The summed E-state index contributed by atoms with van der Waals surface area (Å²) in [6.45, 7) is 15.5. The molecular formula is C44H60N4O4S. The molecule has 2 aliphatic rings. The smallest absolute Gasteiger partial charge is 0.328 e. The molecule has 1 aromatic carbocycles. The Morgan fingerprint density at radius 2 is 1.55 bits per heavy atom. The van der Waals surface area contributed by atoms with Gasteiger partial charge in [-0.05, 0) is 106 Å². The summed E-state index contributed by atoms with van der Waals surface area (Å²) >= 11 is 1.41. The Bertz CT molecular complexity index is 1720. The van der Waals surface area contributed by atoms with Gasteiger partial charge in [-0.15, -0.1) is 11.3 Å². The molecule has 2 amide bonds. The van der Waals surface area contributed by atoms with Crippen LogP contribution in [0.5, 0.6) is 0 Å². The van der Waals surface area contributed by atoms with Crippen LogP contribution >= 0.6 is 11.3 Å². The van der Waals surface area contributed by atoms with Crippen LogP contribution in [-0.2, 0) is 26.2 Å². The second kappa shape index (κ2) is 17.5. The highest BCUT2D eigenvalue weighted by molar-refractivity contribution is 7.14. The van der Waals surface area contributed by atoms with Gasteiger partial charge in [-0.1, -0.05) is 83.7 Å². The van der Waals surface area contributed by atoms with Crippen molar-refractivity contribution in [3.63, 3.8) is 0 Å². The summed E-state index contributed by atoms with van der Waals surface area (Å²) in [6.07, 6.45) is 18.4. The molecule has 0 saturated heterocycles. The minimum atomic E-state index is -0.923. The van der Waals surface area contributed by atoms with Gasteiger partial charge in [0.2, 0.25) is 5.91 Å². The molecule has 0 radical (unpaired) electrons. The maximum absolute atomic E-state index is 13.6. The van der Waals surface area contributed by atoms with Crippen molar-refractivity contribution < 1.29 is 19.1 Å². The lowest BCUT2D eigenvalue weighted by Crippen LogP contribution is -2.52. The van der Waals surface area contributed by atoms with E-state index in [0.717, 1.165) is 52.2 Å². The molecule has 8 nitrogen and oxygen atoms in total. The van der Waals surface area contributed by atoms with E-state index in [1.165, 1.54) is 61.9 Å². The average molecular weight is 741 g/mol. The van der Waals surface area contributed by atoms with Crippen molar-refractivity contribution in [3.05, 3.63) is 75.7 Å². The number of nitrogens with zero attached hydrogens (tertiary/aromatic N) is 2. The maximum atomic E-state index is 13.6. The number of thiophene rings is 1. The monoisotopic (exact) mass is 740 g/mol. The van der Waals surface area contributed by atoms with Crippen LogP contribution in [0.4, 0.5) is 0 Å². The lowest BCUT2D eigenvalue weighted by Gasteiger charge is -2.35. The first-order chi connectivity index (χ1) is 25.1. The van der Waals surface area contributed by atoms with Crippen molar-refractivity contribution in [3.8, 4) is 11.4 Å². The van der Waals surface area contributed by atoms with Gasteiger partial charge in [0, 0.05) is 34.8 Å². The number of carbonyl (C=O) groups is 3. The fourth-order valence-electron chi connectivity index (χ4n) is 7.63. The lowest BCUT2D eigenvalue weighted by molar-refractivity contribution is -0.158. The first kappa shape index (κ1) is 40.3. The van der Waals surface area contributed by atoms with E-state index in [9.17, 15) is 14.4 Å². The van der Waals surface area contributed by atoms with Crippen molar-refractivity contribution in [1.29, 1.82) is 0 Å². The van der Waals surface area contributed by atoms with E-state index in [4.69, 9.17) is 14.7 Å². The zero-order valence-electron chi connectivity index (χ0n) is 33.1. The van der Waals surface area contributed by atoms with Crippen LogP contribution < -0.4 is 10.6 Å². The summed E-state index contributed by atoms with van der Waals surface area (Å²) in [5.74, 6) is 1.95. The standard InChI is InChI=1S/C44H60N4O4S/c1-9-10-29-11-15-31(16-12-29)32-19-21-33(22-20-32)35-26-45-39(46-27-35)34-17-13-30(14-18-34)25-36(40(49)47-28(2)42(51)52-44(6,7)8)48-41(50)37-23-24-38(53-37)43(3,4)5/h13-14,17-18,21,23-24,26-29,31-32,36H,9-12,15-16,19-20,22,25H2,1-8H3,(H,47,49)(H,48,50)/t28-,29?,31?,32?,36+/m1/s1. The number of hydrogen-bond donors (Lipinski definition) is 2. The Kier molecular flexibility index (Phi) is 13.3. The predicted octanol–water partition coefficient (Wildman–Crippen LogP) is 9.48. The lowest BCUT2D eigenvalue weighted by atomic mass is 9.70.